The molecule has 2 aromatic rings. The normalized spacial score (nSPS) is 15.6. The molecular weight excluding hydrogens is 346 g/mol. The summed E-state index contributed by atoms with van der Waals surface area (Å²) in [5, 5.41) is -0.292. The Morgan fingerprint density at radius 2 is 1.92 bits per heavy atom. The van der Waals surface area contributed by atoms with Crippen LogP contribution >= 0.6 is 11.8 Å². The maximum Gasteiger partial charge on any atom is 0.298 e. The number of carbonyl (C=O) groups excluding carboxylic acids is 2. The van der Waals surface area contributed by atoms with E-state index in [2.05, 4.69) is 6.58 Å². The molecule has 0 unspecified atom stereocenters. The van der Waals surface area contributed by atoms with Crippen LogP contribution in [0.15, 0.2) is 60.0 Å². The fourth-order valence-corrected chi connectivity index (χ4v) is 3.48. The molecular formula is C21H19NO3S. The summed E-state index contributed by atoms with van der Waals surface area (Å²) in [5.74, 6) is 0.332. The average molecular weight is 365 g/mol. The van der Waals surface area contributed by atoms with Crippen LogP contribution in [0.1, 0.15) is 16.7 Å². The highest BCUT2D eigenvalue weighted by molar-refractivity contribution is 8.19. The summed E-state index contributed by atoms with van der Waals surface area (Å²) < 4.78 is 5.62. The second-order valence-electron chi connectivity index (χ2n) is 5.94. The summed E-state index contributed by atoms with van der Waals surface area (Å²) >= 11 is 0.941. The van der Waals surface area contributed by atoms with Crippen molar-refractivity contribution >= 4 is 34.7 Å². The molecule has 4 nitrogen and oxygen atoms in total. The lowest BCUT2D eigenvalue weighted by Gasteiger charge is -2.16. The lowest BCUT2D eigenvalue weighted by atomic mass is 10.1. The van der Waals surface area contributed by atoms with Crippen LogP contribution in [0.25, 0.3) is 6.08 Å². The Kier molecular flexibility index (Phi) is 5.28. The number of ether oxygens (including phenoxy) is 1. The molecule has 0 saturated carbocycles. The molecule has 2 aromatic carbocycles. The van der Waals surface area contributed by atoms with Crippen molar-refractivity contribution in [3.63, 3.8) is 0 Å². The van der Waals surface area contributed by atoms with Gasteiger partial charge in [0.2, 0.25) is 0 Å². The number of para-hydroxylation sites is 1. The van der Waals surface area contributed by atoms with Gasteiger partial charge in [-0.2, -0.15) is 0 Å². The maximum atomic E-state index is 12.9. The highest BCUT2D eigenvalue weighted by Crippen LogP contribution is 2.38. The van der Waals surface area contributed by atoms with E-state index < -0.39 is 0 Å². The zero-order valence-electron chi connectivity index (χ0n) is 14.7. The Bertz CT molecular complexity index is 917. The number of benzene rings is 2. The van der Waals surface area contributed by atoms with Gasteiger partial charge in [-0.25, -0.2) is 4.90 Å². The van der Waals surface area contributed by atoms with Gasteiger partial charge in [0, 0.05) is 5.56 Å². The first-order chi connectivity index (χ1) is 12.5. The largest absolute Gasteiger partial charge is 0.489 e. The molecule has 1 aliphatic heterocycles. The van der Waals surface area contributed by atoms with Crippen molar-refractivity contribution in [2.24, 2.45) is 0 Å². The number of anilines is 1. The van der Waals surface area contributed by atoms with Crippen LogP contribution in [-0.4, -0.2) is 17.8 Å². The Balaban J connectivity index is 1.96. The first kappa shape index (κ1) is 18.0. The van der Waals surface area contributed by atoms with Crippen LogP contribution in [0.4, 0.5) is 10.5 Å². The van der Waals surface area contributed by atoms with Gasteiger partial charge in [-0.1, -0.05) is 43.0 Å². The summed E-state index contributed by atoms with van der Waals surface area (Å²) in [5.41, 5.74) is 3.26. The number of nitrogens with zero attached hydrogens (tertiary/aromatic N) is 1. The van der Waals surface area contributed by atoms with Crippen molar-refractivity contribution in [2.75, 3.05) is 11.5 Å². The van der Waals surface area contributed by atoms with Gasteiger partial charge < -0.3 is 4.74 Å². The lowest BCUT2D eigenvalue weighted by molar-refractivity contribution is -0.113. The second kappa shape index (κ2) is 7.62. The summed E-state index contributed by atoms with van der Waals surface area (Å²) in [6.45, 7) is 7.83. The van der Waals surface area contributed by atoms with Gasteiger partial charge in [0.25, 0.3) is 11.1 Å². The first-order valence-corrected chi connectivity index (χ1v) is 9.01. The monoisotopic (exact) mass is 365 g/mol. The molecule has 0 spiro atoms. The zero-order valence-corrected chi connectivity index (χ0v) is 15.5. The zero-order chi connectivity index (χ0) is 18.7. The van der Waals surface area contributed by atoms with E-state index in [4.69, 9.17) is 4.74 Å². The Morgan fingerprint density at radius 1 is 1.15 bits per heavy atom. The number of hydrogen-bond donors (Lipinski definition) is 0. The molecule has 1 fully saturated rings. The summed E-state index contributed by atoms with van der Waals surface area (Å²) in [6.07, 6.45) is 3.36. The molecule has 0 radical (unpaired) electrons. The van der Waals surface area contributed by atoms with Crippen LogP contribution in [0.3, 0.4) is 0 Å². The average Bonchev–Trinajstić information content (AvgIpc) is 2.90. The smallest absolute Gasteiger partial charge is 0.298 e. The summed E-state index contributed by atoms with van der Waals surface area (Å²) in [6, 6.07) is 13.1. The molecule has 0 atom stereocenters. The third kappa shape index (κ3) is 3.58. The van der Waals surface area contributed by atoms with E-state index in [-0.39, 0.29) is 11.1 Å². The van der Waals surface area contributed by atoms with Crippen LogP contribution < -0.4 is 9.64 Å². The highest BCUT2D eigenvalue weighted by Gasteiger charge is 2.37. The summed E-state index contributed by atoms with van der Waals surface area (Å²) in [4.78, 5) is 27.0. The number of thioether (sulfide) groups is 1. The second-order valence-corrected chi connectivity index (χ2v) is 6.94. The predicted molar refractivity (Wildman–Crippen MR) is 107 cm³/mol. The highest BCUT2D eigenvalue weighted by atomic mass is 32.2. The fraction of sp³-hybridized carbons (Fsp3) is 0.143. The van der Waals surface area contributed by atoms with Crippen molar-refractivity contribution in [1.29, 1.82) is 0 Å². The molecule has 1 heterocycles. The van der Waals surface area contributed by atoms with Crippen molar-refractivity contribution in [3.05, 3.63) is 76.7 Å². The van der Waals surface area contributed by atoms with E-state index >= 15 is 0 Å². The van der Waals surface area contributed by atoms with E-state index in [9.17, 15) is 9.59 Å². The Hall–Kier alpha value is -2.79. The fourth-order valence-electron chi connectivity index (χ4n) is 2.66. The Morgan fingerprint density at radius 3 is 2.69 bits per heavy atom. The van der Waals surface area contributed by atoms with Crippen molar-refractivity contribution in [3.8, 4) is 5.75 Å². The van der Waals surface area contributed by atoms with Crippen molar-refractivity contribution < 1.29 is 14.3 Å². The molecule has 0 aromatic heterocycles. The van der Waals surface area contributed by atoms with E-state index in [1.54, 1.807) is 12.2 Å². The van der Waals surface area contributed by atoms with Gasteiger partial charge in [0.15, 0.2) is 0 Å². The van der Waals surface area contributed by atoms with E-state index in [1.807, 2.05) is 56.3 Å². The SMILES string of the molecule is C=CCOc1ccccc1/C=C1\SC(=O)N(c2cc(C)ccc2C)C1=O. The standard InChI is InChI=1S/C21H19NO3S/c1-4-11-25-18-8-6-5-7-16(18)13-19-20(23)22(21(24)26-19)17-12-14(2)9-10-15(17)3/h4-10,12-13H,1,11H2,2-3H3/b19-13-. The molecule has 1 saturated heterocycles. The number of imide groups is 1. The minimum absolute atomic E-state index is 0.292. The molecule has 0 bridgehead atoms. The van der Waals surface area contributed by atoms with Crippen molar-refractivity contribution in [1.82, 2.24) is 0 Å². The van der Waals surface area contributed by atoms with Crippen molar-refractivity contribution in [2.45, 2.75) is 13.8 Å². The van der Waals surface area contributed by atoms with Crippen LogP contribution in [0, 0.1) is 13.8 Å². The quantitative estimate of drug-likeness (QED) is 0.546. The molecule has 26 heavy (non-hydrogen) atoms. The molecule has 1 aliphatic rings. The van der Waals surface area contributed by atoms with Gasteiger partial charge in [0.05, 0.1) is 10.6 Å². The minimum atomic E-state index is -0.313. The van der Waals surface area contributed by atoms with Crippen LogP contribution in [0.5, 0.6) is 5.75 Å². The van der Waals surface area contributed by atoms with E-state index in [1.165, 1.54) is 4.90 Å². The molecule has 0 aliphatic carbocycles. The van der Waals surface area contributed by atoms with Gasteiger partial charge in [-0.15, -0.1) is 0 Å². The number of carbonyl (C=O) groups is 2. The third-order valence-electron chi connectivity index (χ3n) is 3.96. The lowest BCUT2D eigenvalue weighted by Crippen LogP contribution is -2.28. The van der Waals surface area contributed by atoms with Gasteiger partial charge >= 0.3 is 0 Å². The molecule has 132 valence electrons. The van der Waals surface area contributed by atoms with E-state index in [0.29, 0.717) is 22.9 Å². The first-order valence-electron chi connectivity index (χ1n) is 8.19. The van der Waals surface area contributed by atoms with Crippen LogP contribution in [-0.2, 0) is 4.79 Å². The van der Waals surface area contributed by atoms with E-state index in [0.717, 1.165) is 28.5 Å². The number of aryl methyl sites for hydroxylation is 2. The number of hydrogen-bond acceptors (Lipinski definition) is 4. The molecule has 2 amide bonds. The molecule has 3 rings (SSSR count). The third-order valence-corrected chi connectivity index (χ3v) is 4.83. The van der Waals surface area contributed by atoms with Gasteiger partial charge in [-0.3, -0.25) is 9.59 Å². The maximum absolute atomic E-state index is 12.9. The van der Waals surface area contributed by atoms with Gasteiger partial charge in [-0.05, 0) is 54.9 Å². The topological polar surface area (TPSA) is 46.6 Å². The predicted octanol–water partition coefficient (Wildman–Crippen LogP) is 5.11. The molecule has 5 heteroatoms. The molecule has 0 N–H and O–H groups in total. The number of amides is 2. The Labute approximate surface area is 157 Å². The van der Waals surface area contributed by atoms with Crippen LogP contribution in [0.2, 0.25) is 0 Å². The number of rotatable bonds is 5. The summed E-state index contributed by atoms with van der Waals surface area (Å²) in [7, 11) is 0. The minimum Gasteiger partial charge on any atom is -0.489 e. The van der Waals surface area contributed by atoms with Gasteiger partial charge in [0.1, 0.15) is 12.4 Å².